The molecule has 0 aliphatic heterocycles. The Morgan fingerprint density at radius 1 is 0.559 bits per heavy atom. The van der Waals surface area contributed by atoms with Crippen LogP contribution in [0, 0.1) is 0 Å². The molecular formula is C24H16N2O6S2. The largest absolute Gasteiger partial charge is 0.294 e. The van der Waals surface area contributed by atoms with E-state index in [4.69, 9.17) is 0 Å². The Morgan fingerprint density at radius 3 is 1.62 bits per heavy atom. The van der Waals surface area contributed by atoms with E-state index in [2.05, 4.69) is 9.97 Å². The second kappa shape index (κ2) is 7.96. The molecular weight excluding hydrogens is 476 g/mol. The standard InChI is InChI=1S/C24H16N2O6S2/c27-33(28,29)17-6-4-15(5-7-17)19-10-12-25-23-21(19)8-9-22-20(11-13-26-24(22)23)16-2-1-3-18(14-16)34(30,31)32/h1-14H,(H,27,28,29)(H,30,31,32). The Balaban J connectivity index is 1.70. The van der Waals surface area contributed by atoms with Crippen LogP contribution >= 0.6 is 0 Å². The molecule has 0 unspecified atom stereocenters. The molecule has 2 heterocycles. The number of nitrogens with zero attached hydrogens (tertiary/aromatic N) is 2. The van der Waals surface area contributed by atoms with Gasteiger partial charge in [0, 0.05) is 23.2 Å². The van der Waals surface area contributed by atoms with E-state index in [1.165, 1.54) is 24.3 Å². The van der Waals surface area contributed by atoms with Crippen molar-refractivity contribution >= 4 is 42.0 Å². The van der Waals surface area contributed by atoms with Crippen molar-refractivity contribution in [3.63, 3.8) is 0 Å². The van der Waals surface area contributed by atoms with Gasteiger partial charge < -0.3 is 0 Å². The lowest BCUT2D eigenvalue weighted by Gasteiger charge is -2.12. The third-order valence-electron chi connectivity index (χ3n) is 5.53. The maximum atomic E-state index is 11.6. The molecule has 10 heteroatoms. The van der Waals surface area contributed by atoms with E-state index in [0.717, 1.165) is 27.5 Å². The van der Waals surface area contributed by atoms with Crippen molar-refractivity contribution in [2.24, 2.45) is 0 Å². The molecule has 0 spiro atoms. The number of hydrogen-bond acceptors (Lipinski definition) is 6. The molecule has 3 aromatic carbocycles. The van der Waals surface area contributed by atoms with Gasteiger partial charge in [-0.2, -0.15) is 16.8 Å². The van der Waals surface area contributed by atoms with Crippen molar-refractivity contribution in [1.29, 1.82) is 0 Å². The number of benzene rings is 3. The van der Waals surface area contributed by atoms with Crippen LogP contribution in [0.15, 0.2) is 95.0 Å². The van der Waals surface area contributed by atoms with Crippen molar-refractivity contribution in [1.82, 2.24) is 9.97 Å². The molecule has 2 N–H and O–H groups in total. The van der Waals surface area contributed by atoms with E-state index in [0.29, 0.717) is 16.6 Å². The summed E-state index contributed by atoms with van der Waals surface area (Å²) >= 11 is 0. The molecule has 5 aromatic rings. The topological polar surface area (TPSA) is 135 Å². The van der Waals surface area contributed by atoms with Crippen molar-refractivity contribution < 1.29 is 25.9 Å². The predicted octanol–water partition coefficient (Wildman–Crippen LogP) is 4.61. The second-order valence-electron chi connectivity index (χ2n) is 7.58. The van der Waals surface area contributed by atoms with Crippen LogP contribution in [0.3, 0.4) is 0 Å². The van der Waals surface area contributed by atoms with E-state index in [-0.39, 0.29) is 9.79 Å². The summed E-state index contributed by atoms with van der Waals surface area (Å²) in [7, 11) is -8.64. The van der Waals surface area contributed by atoms with Gasteiger partial charge in [0.15, 0.2) is 0 Å². The third-order valence-corrected chi connectivity index (χ3v) is 7.24. The zero-order chi connectivity index (χ0) is 24.1. The van der Waals surface area contributed by atoms with Gasteiger partial charge in [-0.3, -0.25) is 19.1 Å². The lowest BCUT2D eigenvalue weighted by atomic mass is 9.96. The summed E-state index contributed by atoms with van der Waals surface area (Å²) in [5, 5.41) is 1.53. The fourth-order valence-electron chi connectivity index (χ4n) is 3.96. The van der Waals surface area contributed by atoms with Crippen LogP contribution in [0.1, 0.15) is 0 Å². The van der Waals surface area contributed by atoms with E-state index in [9.17, 15) is 25.9 Å². The van der Waals surface area contributed by atoms with Crippen LogP contribution in [0.2, 0.25) is 0 Å². The van der Waals surface area contributed by atoms with Gasteiger partial charge in [-0.25, -0.2) is 0 Å². The second-order valence-corrected chi connectivity index (χ2v) is 10.4. The average Bonchev–Trinajstić information content (AvgIpc) is 2.82. The molecule has 5 rings (SSSR count). The summed E-state index contributed by atoms with van der Waals surface area (Å²) in [5.74, 6) is 0. The predicted molar refractivity (Wildman–Crippen MR) is 128 cm³/mol. The zero-order valence-corrected chi connectivity index (χ0v) is 19.0. The molecule has 0 atom stereocenters. The van der Waals surface area contributed by atoms with Gasteiger partial charge >= 0.3 is 0 Å². The Bertz CT molecular complexity index is 1800. The molecule has 0 aliphatic rings. The number of pyridine rings is 2. The summed E-state index contributed by atoms with van der Waals surface area (Å²) in [4.78, 5) is 8.62. The van der Waals surface area contributed by atoms with E-state index in [1.807, 2.05) is 12.1 Å². The SMILES string of the molecule is O=S(=O)(O)c1ccc(-c2ccnc3c2ccc2c(-c4cccc(S(=O)(=O)O)c4)ccnc23)cc1. The molecule has 2 aromatic heterocycles. The minimum Gasteiger partial charge on any atom is -0.282 e. The van der Waals surface area contributed by atoms with Crippen molar-refractivity contribution in [3.05, 3.63) is 85.2 Å². The molecule has 0 saturated heterocycles. The highest BCUT2D eigenvalue weighted by molar-refractivity contribution is 7.86. The minimum atomic E-state index is -4.35. The Labute approximate surface area is 195 Å². The fraction of sp³-hybridized carbons (Fsp3) is 0. The normalized spacial score (nSPS) is 12.3. The molecule has 0 saturated carbocycles. The van der Waals surface area contributed by atoms with Gasteiger partial charge in [0.05, 0.1) is 20.8 Å². The molecule has 0 bridgehead atoms. The number of rotatable bonds is 4. The highest BCUT2D eigenvalue weighted by Crippen LogP contribution is 2.35. The minimum absolute atomic E-state index is 0.196. The van der Waals surface area contributed by atoms with E-state index in [1.54, 1.807) is 48.8 Å². The molecule has 34 heavy (non-hydrogen) atoms. The van der Waals surface area contributed by atoms with Crippen molar-refractivity contribution in [3.8, 4) is 22.3 Å². The summed E-state index contributed by atoms with van der Waals surface area (Å²) in [6.07, 6.45) is 3.23. The van der Waals surface area contributed by atoms with Crippen LogP contribution in [0.25, 0.3) is 44.1 Å². The van der Waals surface area contributed by atoms with Crippen LogP contribution in [0.5, 0.6) is 0 Å². The van der Waals surface area contributed by atoms with Crippen LogP contribution in [-0.4, -0.2) is 35.9 Å². The molecule has 0 amide bonds. The number of fused-ring (bicyclic) bond motifs is 3. The van der Waals surface area contributed by atoms with E-state index >= 15 is 0 Å². The smallest absolute Gasteiger partial charge is 0.282 e. The zero-order valence-electron chi connectivity index (χ0n) is 17.3. The highest BCUT2D eigenvalue weighted by Gasteiger charge is 2.15. The van der Waals surface area contributed by atoms with Crippen LogP contribution < -0.4 is 0 Å². The quantitative estimate of drug-likeness (QED) is 0.274. The summed E-state index contributed by atoms with van der Waals surface area (Å²) in [5.41, 5.74) is 4.07. The average molecular weight is 493 g/mol. The van der Waals surface area contributed by atoms with Gasteiger partial charge in [-0.1, -0.05) is 36.4 Å². The third kappa shape index (κ3) is 3.93. The fourth-order valence-corrected chi connectivity index (χ4v) is 4.97. The number of hydrogen-bond donors (Lipinski definition) is 2. The summed E-state index contributed by atoms with van der Waals surface area (Å²) < 4.78 is 64.5. The van der Waals surface area contributed by atoms with Crippen molar-refractivity contribution in [2.45, 2.75) is 9.79 Å². The first-order valence-electron chi connectivity index (χ1n) is 9.95. The maximum Gasteiger partial charge on any atom is 0.294 e. The van der Waals surface area contributed by atoms with Gasteiger partial charge in [0.1, 0.15) is 0 Å². The van der Waals surface area contributed by atoms with Gasteiger partial charge in [0.25, 0.3) is 20.2 Å². The first-order valence-corrected chi connectivity index (χ1v) is 12.8. The molecule has 0 aliphatic carbocycles. The lowest BCUT2D eigenvalue weighted by Crippen LogP contribution is -1.98. The van der Waals surface area contributed by atoms with Crippen LogP contribution in [-0.2, 0) is 20.2 Å². The van der Waals surface area contributed by atoms with Crippen LogP contribution in [0.4, 0.5) is 0 Å². The highest BCUT2D eigenvalue weighted by atomic mass is 32.2. The molecule has 8 nitrogen and oxygen atoms in total. The van der Waals surface area contributed by atoms with E-state index < -0.39 is 20.2 Å². The van der Waals surface area contributed by atoms with Gasteiger partial charge in [-0.05, 0) is 58.7 Å². The van der Waals surface area contributed by atoms with Gasteiger partial charge in [-0.15, -0.1) is 0 Å². The first kappa shape index (κ1) is 22.1. The number of aromatic nitrogens is 2. The summed E-state index contributed by atoms with van der Waals surface area (Å²) in [6, 6.07) is 19.2. The van der Waals surface area contributed by atoms with Gasteiger partial charge in [0.2, 0.25) is 0 Å². The Hall–Kier alpha value is -3.70. The maximum absolute atomic E-state index is 11.6. The molecule has 0 fully saturated rings. The lowest BCUT2D eigenvalue weighted by molar-refractivity contribution is 0.481. The Kier molecular flexibility index (Phi) is 5.18. The molecule has 170 valence electrons. The monoisotopic (exact) mass is 492 g/mol. The summed E-state index contributed by atoms with van der Waals surface area (Å²) in [6.45, 7) is 0. The Morgan fingerprint density at radius 2 is 1.09 bits per heavy atom. The first-order chi connectivity index (χ1) is 16.1. The van der Waals surface area contributed by atoms with Crippen molar-refractivity contribution in [2.75, 3.05) is 0 Å². The molecule has 0 radical (unpaired) electrons.